The van der Waals surface area contributed by atoms with Crippen molar-refractivity contribution in [1.82, 2.24) is 15.5 Å². The summed E-state index contributed by atoms with van der Waals surface area (Å²) < 4.78 is 6.03. The zero-order valence-corrected chi connectivity index (χ0v) is 15.2. The number of rotatable bonds is 9. The molecule has 0 aliphatic heterocycles. The number of hydrogen-bond donors (Lipinski definition) is 2. The second kappa shape index (κ2) is 9.29. The number of hydrogen-bond acceptors (Lipinski definition) is 7. The van der Waals surface area contributed by atoms with E-state index in [9.17, 15) is 4.79 Å². The molecular weight excluding hydrogens is 344 g/mol. The van der Waals surface area contributed by atoms with Crippen molar-refractivity contribution in [2.45, 2.75) is 23.1 Å². The predicted molar refractivity (Wildman–Crippen MR) is 98.8 cm³/mol. The molecule has 0 spiro atoms. The number of para-hydroxylation sites is 1. The molecular formula is C16H20N4O2S2. The number of methoxy groups -OCH3 is 1. The molecule has 1 amide bonds. The van der Waals surface area contributed by atoms with Crippen LogP contribution < -0.4 is 15.4 Å². The zero-order chi connectivity index (χ0) is 17.4. The van der Waals surface area contributed by atoms with Crippen LogP contribution in [0.3, 0.4) is 0 Å². The molecule has 2 rings (SSSR count). The van der Waals surface area contributed by atoms with Crippen molar-refractivity contribution >= 4 is 34.1 Å². The maximum atomic E-state index is 12.3. The number of carbonyl (C=O) groups excluding carboxylic acids is 1. The minimum atomic E-state index is -0.264. The van der Waals surface area contributed by atoms with Crippen LogP contribution in [0.15, 0.2) is 41.3 Å². The first-order valence-electron chi connectivity index (χ1n) is 7.38. The average molecular weight is 364 g/mol. The Kier molecular flexibility index (Phi) is 7.07. The highest BCUT2D eigenvalue weighted by Gasteiger charge is 2.17. The zero-order valence-electron chi connectivity index (χ0n) is 13.6. The van der Waals surface area contributed by atoms with Crippen LogP contribution in [0.1, 0.15) is 12.5 Å². The Bertz CT molecular complexity index is 690. The SMILES string of the molecule is C=CCNc1nnc(SC(C)C(=O)NCc2ccccc2OC)s1. The molecule has 2 aromatic rings. The number of nitrogens with one attached hydrogen (secondary N) is 2. The van der Waals surface area contributed by atoms with E-state index < -0.39 is 0 Å². The minimum absolute atomic E-state index is 0.0540. The Morgan fingerprint density at radius 2 is 2.25 bits per heavy atom. The van der Waals surface area contributed by atoms with E-state index in [-0.39, 0.29) is 11.2 Å². The van der Waals surface area contributed by atoms with Crippen LogP contribution in [0.2, 0.25) is 0 Å². The third-order valence-corrected chi connectivity index (χ3v) is 5.16. The van der Waals surface area contributed by atoms with Crippen LogP contribution in [0.4, 0.5) is 5.13 Å². The van der Waals surface area contributed by atoms with Crippen molar-refractivity contribution in [2.24, 2.45) is 0 Å². The van der Waals surface area contributed by atoms with E-state index in [4.69, 9.17) is 4.74 Å². The Morgan fingerprint density at radius 1 is 1.46 bits per heavy atom. The van der Waals surface area contributed by atoms with E-state index in [0.717, 1.165) is 20.8 Å². The maximum absolute atomic E-state index is 12.3. The number of thioether (sulfide) groups is 1. The minimum Gasteiger partial charge on any atom is -0.496 e. The van der Waals surface area contributed by atoms with Gasteiger partial charge in [0.05, 0.1) is 12.4 Å². The Labute approximate surface area is 149 Å². The lowest BCUT2D eigenvalue weighted by Gasteiger charge is -2.12. The molecule has 2 N–H and O–H groups in total. The van der Waals surface area contributed by atoms with Crippen molar-refractivity contribution in [3.63, 3.8) is 0 Å². The molecule has 0 aliphatic rings. The monoisotopic (exact) mass is 364 g/mol. The van der Waals surface area contributed by atoms with Gasteiger partial charge < -0.3 is 15.4 Å². The fraction of sp³-hybridized carbons (Fsp3) is 0.312. The summed E-state index contributed by atoms with van der Waals surface area (Å²) in [5.41, 5.74) is 0.942. The van der Waals surface area contributed by atoms with E-state index in [1.807, 2.05) is 31.2 Å². The van der Waals surface area contributed by atoms with Gasteiger partial charge in [-0.05, 0) is 13.0 Å². The second-order valence-corrected chi connectivity index (χ2v) is 7.40. The maximum Gasteiger partial charge on any atom is 0.233 e. The van der Waals surface area contributed by atoms with Crippen molar-refractivity contribution < 1.29 is 9.53 Å². The van der Waals surface area contributed by atoms with Crippen molar-refractivity contribution in [3.05, 3.63) is 42.5 Å². The summed E-state index contributed by atoms with van der Waals surface area (Å²) in [6.45, 7) is 6.55. The second-order valence-electron chi connectivity index (χ2n) is 4.83. The first kappa shape index (κ1) is 18.3. The lowest BCUT2D eigenvalue weighted by atomic mass is 10.2. The number of carbonyl (C=O) groups is 1. The van der Waals surface area contributed by atoms with Gasteiger partial charge in [0.1, 0.15) is 5.75 Å². The number of aromatic nitrogens is 2. The molecule has 1 unspecified atom stereocenters. The van der Waals surface area contributed by atoms with Crippen LogP contribution in [-0.2, 0) is 11.3 Å². The fourth-order valence-electron chi connectivity index (χ4n) is 1.87. The Morgan fingerprint density at radius 3 is 3.00 bits per heavy atom. The van der Waals surface area contributed by atoms with Gasteiger partial charge in [-0.15, -0.1) is 16.8 Å². The third kappa shape index (κ3) is 5.24. The molecule has 24 heavy (non-hydrogen) atoms. The topological polar surface area (TPSA) is 76.1 Å². The molecule has 1 aromatic heterocycles. The number of nitrogens with zero attached hydrogens (tertiary/aromatic N) is 2. The molecule has 0 fully saturated rings. The largest absolute Gasteiger partial charge is 0.496 e. The summed E-state index contributed by atoms with van der Waals surface area (Å²) in [5.74, 6) is 0.710. The van der Waals surface area contributed by atoms with Gasteiger partial charge in [-0.1, -0.05) is 47.4 Å². The number of ether oxygens (including phenoxy) is 1. The molecule has 1 atom stereocenters. The lowest BCUT2D eigenvalue weighted by molar-refractivity contribution is -0.120. The van der Waals surface area contributed by atoms with Gasteiger partial charge in [0.2, 0.25) is 11.0 Å². The van der Waals surface area contributed by atoms with Crippen LogP contribution >= 0.6 is 23.1 Å². The van der Waals surface area contributed by atoms with Gasteiger partial charge >= 0.3 is 0 Å². The van der Waals surface area contributed by atoms with E-state index in [2.05, 4.69) is 27.4 Å². The molecule has 128 valence electrons. The average Bonchev–Trinajstić information content (AvgIpc) is 3.05. The van der Waals surface area contributed by atoms with E-state index >= 15 is 0 Å². The van der Waals surface area contributed by atoms with Gasteiger partial charge in [0.25, 0.3) is 0 Å². The quantitative estimate of drug-likeness (QED) is 0.526. The Balaban J connectivity index is 1.85. The molecule has 0 aliphatic carbocycles. The van der Waals surface area contributed by atoms with Crippen LogP contribution in [0, 0.1) is 0 Å². The van der Waals surface area contributed by atoms with Crippen LogP contribution in [0.25, 0.3) is 0 Å². The lowest BCUT2D eigenvalue weighted by Crippen LogP contribution is -2.30. The van der Waals surface area contributed by atoms with Crippen LogP contribution in [-0.4, -0.2) is 35.0 Å². The third-order valence-electron chi connectivity index (χ3n) is 3.10. The highest BCUT2D eigenvalue weighted by molar-refractivity contribution is 8.02. The van der Waals surface area contributed by atoms with E-state index in [1.165, 1.54) is 23.1 Å². The summed E-state index contributed by atoms with van der Waals surface area (Å²) in [6.07, 6.45) is 1.75. The fourth-order valence-corrected chi connectivity index (χ4v) is 3.80. The molecule has 1 heterocycles. The molecule has 8 heteroatoms. The number of benzene rings is 1. The highest BCUT2D eigenvalue weighted by Crippen LogP contribution is 2.29. The highest BCUT2D eigenvalue weighted by atomic mass is 32.2. The number of amides is 1. The standard InChI is InChI=1S/C16H20N4O2S2/c1-4-9-17-15-19-20-16(24-15)23-11(2)14(21)18-10-12-7-5-6-8-13(12)22-3/h4-8,11H,1,9-10H2,2-3H3,(H,17,19)(H,18,21). The summed E-state index contributed by atoms with van der Waals surface area (Å²) in [4.78, 5) is 12.3. The normalized spacial score (nSPS) is 11.6. The summed E-state index contributed by atoms with van der Waals surface area (Å²) in [7, 11) is 1.62. The predicted octanol–water partition coefficient (Wildman–Crippen LogP) is 2.94. The van der Waals surface area contributed by atoms with Gasteiger partial charge in [0.15, 0.2) is 4.34 Å². The van der Waals surface area contributed by atoms with Gasteiger partial charge in [0, 0.05) is 18.7 Å². The number of anilines is 1. The summed E-state index contributed by atoms with van der Waals surface area (Å²) in [6, 6.07) is 7.62. The van der Waals surface area contributed by atoms with Gasteiger partial charge in [-0.25, -0.2) is 0 Å². The molecule has 1 aromatic carbocycles. The summed E-state index contributed by atoms with van der Waals surface area (Å²) >= 11 is 2.81. The van der Waals surface area contributed by atoms with Crippen molar-refractivity contribution in [1.29, 1.82) is 0 Å². The summed E-state index contributed by atoms with van der Waals surface area (Å²) in [5, 5.41) is 14.6. The molecule has 0 bridgehead atoms. The molecule has 0 saturated heterocycles. The molecule has 6 nitrogen and oxygen atoms in total. The first-order chi connectivity index (χ1) is 11.6. The first-order valence-corrected chi connectivity index (χ1v) is 9.08. The van der Waals surface area contributed by atoms with Crippen molar-refractivity contribution in [2.75, 3.05) is 19.0 Å². The van der Waals surface area contributed by atoms with Gasteiger partial charge in [-0.3, -0.25) is 4.79 Å². The molecule has 0 saturated carbocycles. The Hall–Kier alpha value is -2.06. The molecule has 0 radical (unpaired) electrons. The van der Waals surface area contributed by atoms with E-state index in [1.54, 1.807) is 13.2 Å². The van der Waals surface area contributed by atoms with Crippen LogP contribution in [0.5, 0.6) is 5.75 Å². The smallest absolute Gasteiger partial charge is 0.233 e. The van der Waals surface area contributed by atoms with E-state index in [0.29, 0.717) is 13.1 Å². The van der Waals surface area contributed by atoms with Crippen molar-refractivity contribution in [3.8, 4) is 5.75 Å². The van der Waals surface area contributed by atoms with Gasteiger partial charge in [-0.2, -0.15) is 0 Å².